The monoisotopic (exact) mass is 212 g/mol. The fourth-order valence-electron chi connectivity index (χ4n) is 1.17. The Morgan fingerprint density at radius 3 is 2.86 bits per heavy atom. The zero-order chi connectivity index (χ0) is 10.6. The lowest BCUT2D eigenvalue weighted by atomic mass is 10.1. The first-order valence-corrected chi connectivity index (χ1v) is 4.72. The first-order valence-electron chi connectivity index (χ1n) is 4.35. The highest BCUT2D eigenvalue weighted by molar-refractivity contribution is 6.31. The lowest BCUT2D eigenvalue weighted by Gasteiger charge is -2.10. The lowest BCUT2D eigenvalue weighted by molar-refractivity contribution is 0.311. The van der Waals surface area contributed by atoms with Crippen molar-refractivity contribution in [3.63, 3.8) is 0 Å². The van der Waals surface area contributed by atoms with Gasteiger partial charge < -0.3 is 15.8 Å². The molecule has 1 aromatic rings. The molecule has 0 saturated carbocycles. The molecule has 76 valence electrons. The Balaban J connectivity index is 2.96. The molecule has 0 unspecified atom stereocenters. The van der Waals surface area contributed by atoms with Crippen molar-refractivity contribution in [3.05, 3.63) is 28.8 Å². The van der Waals surface area contributed by atoms with E-state index in [0.29, 0.717) is 17.3 Å². The van der Waals surface area contributed by atoms with Crippen LogP contribution in [-0.2, 0) is 0 Å². The van der Waals surface area contributed by atoms with Gasteiger partial charge in [-0.2, -0.15) is 0 Å². The van der Waals surface area contributed by atoms with Gasteiger partial charge in [-0.05, 0) is 25.1 Å². The number of rotatable bonds is 4. The minimum atomic E-state index is 0.0686. The van der Waals surface area contributed by atoms with Gasteiger partial charge in [-0.15, -0.1) is 0 Å². The van der Waals surface area contributed by atoms with Crippen LogP contribution in [0.4, 0.5) is 5.69 Å². The summed E-state index contributed by atoms with van der Waals surface area (Å²) < 4.78 is 0. The molecule has 0 atom stereocenters. The van der Waals surface area contributed by atoms with E-state index in [1.165, 1.54) is 0 Å². The molecule has 0 saturated heterocycles. The van der Waals surface area contributed by atoms with Gasteiger partial charge >= 0.3 is 0 Å². The molecule has 0 spiro atoms. The van der Waals surface area contributed by atoms with Gasteiger partial charge in [-0.3, -0.25) is 0 Å². The van der Waals surface area contributed by atoms with Crippen LogP contribution in [0, 0.1) is 5.41 Å². The molecule has 3 N–H and O–H groups in total. The SMILES string of the molecule is CC(=N)c1cc(Cl)ccc1NCCO. The molecule has 0 aliphatic heterocycles. The molecular formula is C10H13ClN2O. The zero-order valence-electron chi connectivity index (χ0n) is 7.97. The molecule has 1 rings (SSSR count). The van der Waals surface area contributed by atoms with Gasteiger partial charge in [0.1, 0.15) is 0 Å². The number of aliphatic hydroxyl groups is 1. The number of halogens is 1. The fourth-order valence-corrected chi connectivity index (χ4v) is 1.34. The lowest BCUT2D eigenvalue weighted by Crippen LogP contribution is -2.09. The summed E-state index contributed by atoms with van der Waals surface area (Å²) in [4.78, 5) is 0. The van der Waals surface area contributed by atoms with Crippen molar-refractivity contribution in [2.24, 2.45) is 0 Å². The van der Waals surface area contributed by atoms with E-state index in [1.54, 1.807) is 19.1 Å². The van der Waals surface area contributed by atoms with E-state index in [-0.39, 0.29) is 6.61 Å². The number of benzene rings is 1. The minimum Gasteiger partial charge on any atom is -0.395 e. The van der Waals surface area contributed by atoms with Crippen molar-refractivity contribution in [3.8, 4) is 0 Å². The quantitative estimate of drug-likeness (QED) is 0.670. The molecule has 0 aromatic heterocycles. The maximum atomic E-state index is 8.67. The van der Waals surface area contributed by atoms with Crippen molar-refractivity contribution in [1.82, 2.24) is 0 Å². The summed E-state index contributed by atoms with van der Waals surface area (Å²) >= 11 is 5.82. The summed E-state index contributed by atoms with van der Waals surface area (Å²) in [5, 5.41) is 19.9. The Kier molecular flexibility index (Phi) is 3.92. The Labute approximate surface area is 88.2 Å². The standard InChI is InChI=1S/C10H13ClN2O/c1-7(12)9-6-8(11)2-3-10(9)13-4-5-14/h2-3,6,12-14H,4-5H2,1H3. The Morgan fingerprint density at radius 2 is 2.29 bits per heavy atom. The zero-order valence-corrected chi connectivity index (χ0v) is 8.73. The topological polar surface area (TPSA) is 56.1 Å². The van der Waals surface area contributed by atoms with Crippen molar-refractivity contribution >= 4 is 23.0 Å². The number of hydrogen-bond acceptors (Lipinski definition) is 3. The second-order valence-corrected chi connectivity index (χ2v) is 3.40. The number of hydrogen-bond donors (Lipinski definition) is 3. The van der Waals surface area contributed by atoms with Crippen molar-refractivity contribution in [2.75, 3.05) is 18.5 Å². The molecule has 3 nitrogen and oxygen atoms in total. The van der Waals surface area contributed by atoms with E-state index in [4.69, 9.17) is 22.1 Å². The molecule has 0 fully saturated rings. The predicted molar refractivity (Wildman–Crippen MR) is 59.5 cm³/mol. The normalized spacial score (nSPS) is 9.93. The van der Waals surface area contributed by atoms with Crippen LogP contribution < -0.4 is 5.32 Å². The van der Waals surface area contributed by atoms with Gasteiger partial charge in [0.25, 0.3) is 0 Å². The summed E-state index contributed by atoms with van der Waals surface area (Å²) in [6.45, 7) is 2.25. The average Bonchev–Trinajstić information content (AvgIpc) is 2.15. The van der Waals surface area contributed by atoms with Gasteiger partial charge in [0.15, 0.2) is 0 Å². The summed E-state index contributed by atoms with van der Waals surface area (Å²) in [6.07, 6.45) is 0. The maximum absolute atomic E-state index is 8.67. The molecule has 0 amide bonds. The van der Waals surface area contributed by atoms with Crippen molar-refractivity contribution in [1.29, 1.82) is 5.41 Å². The largest absolute Gasteiger partial charge is 0.395 e. The number of nitrogens with one attached hydrogen (secondary N) is 2. The third-order valence-corrected chi connectivity index (χ3v) is 2.05. The van der Waals surface area contributed by atoms with Crippen LogP contribution >= 0.6 is 11.6 Å². The fraction of sp³-hybridized carbons (Fsp3) is 0.300. The maximum Gasteiger partial charge on any atom is 0.0604 e. The van der Waals surface area contributed by atoms with E-state index in [2.05, 4.69) is 5.32 Å². The van der Waals surface area contributed by atoms with Crippen LogP contribution in [0.3, 0.4) is 0 Å². The van der Waals surface area contributed by atoms with Crippen molar-refractivity contribution in [2.45, 2.75) is 6.92 Å². The predicted octanol–water partition coefficient (Wildman–Crippen LogP) is 2.13. The van der Waals surface area contributed by atoms with E-state index in [1.807, 2.05) is 6.07 Å². The van der Waals surface area contributed by atoms with Gasteiger partial charge in [-0.1, -0.05) is 11.6 Å². The van der Waals surface area contributed by atoms with E-state index in [9.17, 15) is 0 Å². The highest BCUT2D eigenvalue weighted by atomic mass is 35.5. The first kappa shape index (κ1) is 11.0. The molecule has 0 bridgehead atoms. The number of anilines is 1. The Hall–Kier alpha value is -1.06. The highest BCUT2D eigenvalue weighted by Gasteiger charge is 2.04. The van der Waals surface area contributed by atoms with Crippen LogP contribution in [0.25, 0.3) is 0 Å². The van der Waals surface area contributed by atoms with E-state index in [0.717, 1.165) is 11.3 Å². The van der Waals surface area contributed by atoms with Gasteiger partial charge in [-0.25, -0.2) is 0 Å². The van der Waals surface area contributed by atoms with Gasteiger partial charge in [0.2, 0.25) is 0 Å². The van der Waals surface area contributed by atoms with Crippen LogP contribution in [-0.4, -0.2) is 24.0 Å². The van der Waals surface area contributed by atoms with Gasteiger partial charge in [0, 0.05) is 28.5 Å². The molecular weight excluding hydrogens is 200 g/mol. The first-order chi connectivity index (χ1) is 6.65. The van der Waals surface area contributed by atoms with Crippen LogP contribution in [0.1, 0.15) is 12.5 Å². The molecule has 4 heteroatoms. The summed E-state index contributed by atoms with van der Waals surface area (Å²) in [5.41, 5.74) is 2.05. The molecule has 14 heavy (non-hydrogen) atoms. The summed E-state index contributed by atoms with van der Waals surface area (Å²) in [6, 6.07) is 5.31. The molecule has 0 aliphatic rings. The second kappa shape index (κ2) is 4.98. The average molecular weight is 213 g/mol. The molecule has 1 aromatic carbocycles. The van der Waals surface area contributed by atoms with Crippen LogP contribution in [0.5, 0.6) is 0 Å². The minimum absolute atomic E-state index is 0.0686. The van der Waals surface area contributed by atoms with E-state index >= 15 is 0 Å². The van der Waals surface area contributed by atoms with E-state index < -0.39 is 0 Å². The molecule has 0 aliphatic carbocycles. The third kappa shape index (κ3) is 2.72. The molecule has 0 heterocycles. The van der Waals surface area contributed by atoms with Gasteiger partial charge in [0.05, 0.1) is 6.61 Å². The highest BCUT2D eigenvalue weighted by Crippen LogP contribution is 2.20. The second-order valence-electron chi connectivity index (χ2n) is 2.97. The number of aliphatic hydroxyl groups excluding tert-OH is 1. The smallest absolute Gasteiger partial charge is 0.0604 e. The third-order valence-electron chi connectivity index (χ3n) is 1.81. The Morgan fingerprint density at radius 1 is 1.57 bits per heavy atom. The summed E-state index contributed by atoms with van der Waals surface area (Å²) in [5.74, 6) is 0. The molecule has 0 radical (unpaired) electrons. The summed E-state index contributed by atoms with van der Waals surface area (Å²) in [7, 11) is 0. The van der Waals surface area contributed by atoms with Crippen molar-refractivity contribution < 1.29 is 5.11 Å². The Bertz CT molecular complexity index is 339. The van der Waals surface area contributed by atoms with Crippen LogP contribution in [0.15, 0.2) is 18.2 Å². The van der Waals surface area contributed by atoms with Crippen LogP contribution in [0.2, 0.25) is 5.02 Å².